The quantitative estimate of drug-likeness (QED) is 0.674. The van der Waals surface area contributed by atoms with Gasteiger partial charge in [-0.25, -0.2) is 0 Å². The van der Waals surface area contributed by atoms with Crippen LogP contribution in [0.15, 0.2) is 34.7 Å². The second-order valence-corrected chi connectivity index (χ2v) is 9.98. The molecule has 2 aliphatic heterocycles. The molecule has 2 saturated heterocycles. The second-order valence-electron chi connectivity index (χ2n) is 9.98. The Bertz CT molecular complexity index is 913. The lowest BCUT2D eigenvalue weighted by Crippen LogP contribution is -2.46. The van der Waals surface area contributed by atoms with E-state index in [9.17, 15) is 4.79 Å². The molecule has 1 aromatic heterocycles. The van der Waals surface area contributed by atoms with Crippen LogP contribution in [0.3, 0.4) is 0 Å². The number of aryl methyl sites for hydroxylation is 2. The Morgan fingerprint density at radius 1 is 1.06 bits per heavy atom. The maximum atomic E-state index is 13.4. The third-order valence-corrected chi connectivity index (χ3v) is 7.68. The number of fused-ring (bicyclic) bond motifs is 1. The third-order valence-electron chi connectivity index (χ3n) is 7.68. The van der Waals surface area contributed by atoms with Gasteiger partial charge in [-0.3, -0.25) is 9.69 Å². The van der Waals surface area contributed by atoms with E-state index in [1.165, 1.54) is 24.0 Å². The van der Waals surface area contributed by atoms with Gasteiger partial charge < -0.3 is 14.1 Å². The Hall–Kier alpha value is -2.11. The molecule has 3 aliphatic rings. The Morgan fingerprint density at radius 3 is 2.38 bits per heavy atom. The predicted octanol–water partition coefficient (Wildman–Crippen LogP) is 4.40. The van der Waals surface area contributed by atoms with E-state index in [0.717, 1.165) is 63.4 Å². The number of ether oxygens (including phenoxy) is 1. The molecule has 1 atom stereocenters. The minimum absolute atomic E-state index is 0.100. The highest BCUT2D eigenvalue weighted by molar-refractivity contribution is 5.95. The van der Waals surface area contributed by atoms with Crippen LogP contribution in [0.1, 0.15) is 58.7 Å². The zero-order chi connectivity index (χ0) is 22.1. The number of amides is 1. The van der Waals surface area contributed by atoms with E-state index >= 15 is 0 Å². The molecule has 1 amide bonds. The number of likely N-dealkylation sites (tertiary alicyclic amines) is 1. The largest absolute Gasteiger partial charge is 0.466 e. The number of nitrogens with zero attached hydrogens (tertiary/aromatic N) is 2. The minimum atomic E-state index is 0.100. The molecule has 0 spiro atoms. The summed E-state index contributed by atoms with van der Waals surface area (Å²) < 4.78 is 11.5. The van der Waals surface area contributed by atoms with Crippen molar-refractivity contribution in [3.05, 3.63) is 58.5 Å². The van der Waals surface area contributed by atoms with Crippen LogP contribution in [0.25, 0.3) is 0 Å². The number of benzene rings is 1. The fourth-order valence-corrected chi connectivity index (χ4v) is 5.89. The topological polar surface area (TPSA) is 45.9 Å². The smallest absolute Gasteiger partial charge is 0.257 e. The van der Waals surface area contributed by atoms with E-state index in [-0.39, 0.29) is 12.0 Å². The first-order chi connectivity index (χ1) is 15.6. The lowest BCUT2D eigenvalue weighted by Gasteiger charge is -2.38. The highest BCUT2D eigenvalue weighted by atomic mass is 16.5. The second kappa shape index (κ2) is 9.40. The van der Waals surface area contributed by atoms with Crippen molar-refractivity contribution < 1.29 is 13.9 Å². The van der Waals surface area contributed by atoms with E-state index < -0.39 is 0 Å². The van der Waals surface area contributed by atoms with Crippen LogP contribution < -0.4 is 0 Å². The van der Waals surface area contributed by atoms with Crippen molar-refractivity contribution in [2.45, 2.75) is 64.5 Å². The zero-order valence-corrected chi connectivity index (χ0v) is 19.5. The monoisotopic (exact) mass is 436 g/mol. The van der Waals surface area contributed by atoms with Gasteiger partial charge in [-0.2, -0.15) is 0 Å². The van der Waals surface area contributed by atoms with Gasteiger partial charge in [0, 0.05) is 25.7 Å². The molecular formula is C27H36N2O3. The lowest BCUT2D eigenvalue weighted by atomic mass is 9.94. The summed E-state index contributed by atoms with van der Waals surface area (Å²) in [6.07, 6.45) is 7.00. The molecule has 5 rings (SSSR count). The maximum absolute atomic E-state index is 13.4. The van der Waals surface area contributed by atoms with E-state index in [1.54, 1.807) is 0 Å². The number of hydrogen-bond donors (Lipinski definition) is 0. The van der Waals surface area contributed by atoms with Gasteiger partial charge in [-0.05, 0) is 88.6 Å². The van der Waals surface area contributed by atoms with Crippen molar-refractivity contribution in [3.8, 4) is 0 Å². The first kappa shape index (κ1) is 21.7. The van der Waals surface area contributed by atoms with Crippen LogP contribution in [0.2, 0.25) is 0 Å². The maximum Gasteiger partial charge on any atom is 0.257 e. The third kappa shape index (κ3) is 4.65. The van der Waals surface area contributed by atoms with Gasteiger partial charge in [0.2, 0.25) is 0 Å². The van der Waals surface area contributed by atoms with Crippen molar-refractivity contribution in [2.24, 2.45) is 5.92 Å². The molecule has 5 heteroatoms. The van der Waals surface area contributed by atoms with Crippen LogP contribution in [-0.4, -0.2) is 60.6 Å². The molecule has 2 fully saturated rings. The Balaban J connectivity index is 1.20. The van der Waals surface area contributed by atoms with Gasteiger partial charge >= 0.3 is 0 Å². The van der Waals surface area contributed by atoms with Crippen molar-refractivity contribution in [2.75, 3.05) is 32.8 Å². The molecule has 172 valence electrons. The molecule has 0 radical (unpaired) electrons. The summed E-state index contributed by atoms with van der Waals surface area (Å²) in [7, 11) is 0. The Kier molecular flexibility index (Phi) is 6.38. The molecule has 0 bridgehead atoms. The standard InChI is InChI=1S/C27H36N2O3/c1-19-14-26(20(2)32-19)27(30)29(18-25-8-5-13-31-25)17-21-9-11-28(12-10-21)24-15-22-6-3-4-7-23(22)16-24/h3-4,6-7,14,21,24-25H,5,8-13,15-18H2,1-2H3/t25-/m0/s1. The normalized spacial score (nSPS) is 22.4. The van der Waals surface area contributed by atoms with Gasteiger partial charge in [-0.15, -0.1) is 0 Å². The van der Waals surface area contributed by atoms with E-state index in [4.69, 9.17) is 9.15 Å². The SMILES string of the molecule is Cc1cc(C(=O)N(CC2CCN(C3Cc4ccccc4C3)CC2)C[C@@H]2CCCO2)c(C)o1. The number of carbonyl (C=O) groups is 1. The van der Waals surface area contributed by atoms with Crippen molar-refractivity contribution in [1.82, 2.24) is 9.80 Å². The molecule has 1 aliphatic carbocycles. The summed E-state index contributed by atoms with van der Waals surface area (Å²) >= 11 is 0. The Morgan fingerprint density at radius 2 is 1.78 bits per heavy atom. The lowest BCUT2D eigenvalue weighted by molar-refractivity contribution is 0.0428. The zero-order valence-electron chi connectivity index (χ0n) is 19.5. The first-order valence-corrected chi connectivity index (χ1v) is 12.4. The molecule has 2 aromatic rings. The summed E-state index contributed by atoms with van der Waals surface area (Å²) in [4.78, 5) is 18.2. The number of hydrogen-bond acceptors (Lipinski definition) is 4. The van der Waals surface area contributed by atoms with Crippen molar-refractivity contribution in [3.63, 3.8) is 0 Å². The number of piperidine rings is 1. The molecule has 0 saturated carbocycles. The first-order valence-electron chi connectivity index (χ1n) is 12.4. The molecule has 32 heavy (non-hydrogen) atoms. The van der Waals surface area contributed by atoms with Crippen LogP contribution in [0, 0.1) is 19.8 Å². The predicted molar refractivity (Wildman–Crippen MR) is 125 cm³/mol. The average molecular weight is 437 g/mol. The van der Waals surface area contributed by atoms with Gasteiger partial charge in [-0.1, -0.05) is 24.3 Å². The van der Waals surface area contributed by atoms with Crippen LogP contribution in [-0.2, 0) is 17.6 Å². The van der Waals surface area contributed by atoms with E-state index in [2.05, 4.69) is 34.1 Å². The molecule has 0 N–H and O–H groups in total. The molecule has 0 unspecified atom stereocenters. The van der Waals surface area contributed by atoms with Crippen molar-refractivity contribution in [1.29, 1.82) is 0 Å². The summed E-state index contributed by atoms with van der Waals surface area (Å²) in [5, 5.41) is 0. The highest BCUT2D eigenvalue weighted by Crippen LogP contribution is 2.29. The van der Waals surface area contributed by atoms with E-state index in [0.29, 0.717) is 24.1 Å². The number of furan rings is 1. The molecule has 1 aromatic carbocycles. The summed E-state index contributed by atoms with van der Waals surface area (Å²) in [6.45, 7) is 8.40. The average Bonchev–Trinajstić information content (AvgIpc) is 3.53. The van der Waals surface area contributed by atoms with Gasteiger partial charge in [0.1, 0.15) is 11.5 Å². The number of rotatable bonds is 6. The van der Waals surface area contributed by atoms with Crippen LogP contribution in [0.4, 0.5) is 0 Å². The minimum Gasteiger partial charge on any atom is -0.466 e. The Labute approximate surface area is 191 Å². The summed E-state index contributed by atoms with van der Waals surface area (Å²) in [5.74, 6) is 2.17. The van der Waals surface area contributed by atoms with Gasteiger partial charge in [0.05, 0.1) is 11.7 Å². The fourth-order valence-electron chi connectivity index (χ4n) is 5.89. The molecular weight excluding hydrogens is 400 g/mol. The summed E-state index contributed by atoms with van der Waals surface area (Å²) in [5.41, 5.74) is 3.76. The highest BCUT2D eigenvalue weighted by Gasteiger charge is 2.32. The van der Waals surface area contributed by atoms with Gasteiger partial charge in [0.15, 0.2) is 0 Å². The van der Waals surface area contributed by atoms with Crippen molar-refractivity contribution >= 4 is 5.91 Å². The molecule has 3 heterocycles. The summed E-state index contributed by atoms with van der Waals surface area (Å²) in [6, 6.07) is 11.4. The number of carbonyl (C=O) groups excluding carboxylic acids is 1. The van der Waals surface area contributed by atoms with Crippen LogP contribution in [0.5, 0.6) is 0 Å². The van der Waals surface area contributed by atoms with Gasteiger partial charge in [0.25, 0.3) is 5.91 Å². The fraction of sp³-hybridized carbons (Fsp3) is 0.593. The van der Waals surface area contributed by atoms with Crippen LogP contribution >= 0.6 is 0 Å². The molecule has 5 nitrogen and oxygen atoms in total. The van der Waals surface area contributed by atoms with E-state index in [1.807, 2.05) is 19.9 Å².